The minimum absolute atomic E-state index is 1.15. The van der Waals surface area contributed by atoms with Gasteiger partial charge in [0.05, 0.1) is 22.1 Å². The average Bonchev–Trinajstić information content (AvgIpc) is 3.71. The summed E-state index contributed by atoms with van der Waals surface area (Å²) in [5, 5.41) is 5.07. The van der Waals surface area contributed by atoms with Crippen LogP contribution < -0.4 is 0 Å². The molecule has 0 unspecified atom stereocenters. The first-order valence-electron chi connectivity index (χ1n) is 17.2. The van der Waals surface area contributed by atoms with Crippen molar-refractivity contribution < 1.29 is 0 Å². The Bertz CT molecular complexity index is 2820. The van der Waals surface area contributed by atoms with Crippen LogP contribution in [0.1, 0.15) is 0 Å². The number of hydrogen-bond donors (Lipinski definition) is 0. The second-order valence-corrected chi connectivity index (χ2v) is 13.0. The second-order valence-electron chi connectivity index (χ2n) is 13.0. The molecule has 0 radical (unpaired) electrons. The molecule has 0 fully saturated rings. The van der Waals surface area contributed by atoms with E-state index in [0.29, 0.717) is 0 Å². The molecule has 0 saturated heterocycles. The quantitative estimate of drug-likeness (QED) is 0.178. The van der Waals surface area contributed by atoms with E-state index in [2.05, 4.69) is 203 Å². The van der Waals surface area contributed by atoms with Gasteiger partial charge in [-0.15, -0.1) is 0 Å². The first-order chi connectivity index (χ1) is 24.8. The molecule has 0 amide bonds. The molecule has 234 valence electrons. The Hall–Kier alpha value is -6.64. The zero-order valence-corrected chi connectivity index (χ0v) is 27.4. The van der Waals surface area contributed by atoms with E-state index in [1.807, 2.05) is 0 Å². The van der Waals surface area contributed by atoms with E-state index < -0.39 is 0 Å². The zero-order chi connectivity index (χ0) is 33.0. The van der Waals surface area contributed by atoms with Gasteiger partial charge in [-0.2, -0.15) is 0 Å². The number of fused-ring (bicyclic) bond motifs is 7. The highest BCUT2D eigenvalue weighted by molar-refractivity contribution is 6.29. The minimum Gasteiger partial charge on any atom is -0.309 e. The van der Waals surface area contributed by atoms with Crippen LogP contribution in [-0.4, -0.2) is 9.13 Å². The summed E-state index contributed by atoms with van der Waals surface area (Å²) in [6, 6.07) is 70.3. The van der Waals surface area contributed by atoms with E-state index in [0.717, 1.165) is 11.4 Å². The van der Waals surface area contributed by atoms with E-state index >= 15 is 0 Å². The summed E-state index contributed by atoms with van der Waals surface area (Å²) in [4.78, 5) is 0. The van der Waals surface area contributed by atoms with Crippen molar-refractivity contribution in [2.24, 2.45) is 0 Å². The summed E-state index contributed by atoms with van der Waals surface area (Å²) < 4.78 is 4.86. The number of para-hydroxylation sites is 2. The van der Waals surface area contributed by atoms with Gasteiger partial charge in [0.15, 0.2) is 0 Å². The molecule has 2 heteroatoms. The molecule has 10 rings (SSSR count). The smallest absolute Gasteiger partial charge is 0.0548 e. The van der Waals surface area contributed by atoms with Crippen molar-refractivity contribution in [3.63, 3.8) is 0 Å². The normalized spacial score (nSPS) is 11.6. The van der Waals surface area contributed by atoms with Crippen LogP contribution in [0.15, 0.2) is 194 Å². The van der Waals surface area contributed by atoms with Crippen LogP contribution in [0.5, 0.6) is 0 Å². The van der Waals surface area contributed by atoms with Crippen molar-refractivity contribution in [2.75, 3.05) is 0 Å². The summed E-state index contributed by atoms with van der Waals surface area (Å²) in [5.74, 6) is 0. The lowest BCUT2D eigenvalue weighted by Gasteiger charge is -2.12. The Morgan fingerprint density at radius 1 is 0.240 bits per heavy atom. The molecule has 2 nitrogen and oxygen atoms in total. The maximum atomic E-state index is 2.45. The van der Waals surface area contributed by atoms with Gasteiger partial charge in [-0.25, -0.2) is 0 Å². The predicted molar refractivity (Wildman–Crippen MR) is 211 cm³/mol. The van der Waals surface area contributed by atoms with Crippen molar-refractivity contribution in [1.29, 1.82) is 0 Å². The van der Waals surface area contributed by atoms with Gasteiger partial charge in [0.25, 0.3) is 0 Å². The SMILES string of the molecule is c1ccc(-c2ccc(-c3cccc(-n4c5ccc(-c6ccccc6)cc5c5c6c7ccccc7n(-c7ccccc7)c6ccc54)c3)cc2)cc1. The van der Waals surface area contributed by atoms with Crippen molar-refractivity contribution in [3.05, 3.63) is 194 Å². The minimum atomic E-state index is 1.15. The van der Waals surface area contributed by atoms with E-state index in [-0.39, 0.29) is 0 Å². The van der Waals surface area contributed by atoms with Crippen LogP contribution >= 0.6 is 0 Å². The van der Waals surface area contributed by atoms with Gasteiger partial charge >= 0.3 is 0 Å². The van der Waals surface area contributed by atoms with Gasteiger partial charge in [-0.05, 0) is 88.0 Å². The third-order valence-corrected chi connectivity index (χ3v) is 10.1. The highest BCUT2D eigenvalue weighted by Gasteiger charge is 2.21. The third-order valence-electron chi connectivity index (χ3n) is 10.1. The molecule has 8 aromatic carbocycles. The molecular formula is C48H32N2. The number of hydrogen-bond acceptors (Lipinski definition) is 0. The maximum Gasteiger partial charge on any atom is 0.0548 e. The maximum absolute atomic E-state index is 2.45. The Morgan fingerprint density at radius 2 is 0.660 bits per heavy atom. The van der Waals surface area contributed by atoms with E-state index in [9.17, 15) is 0 Å². The van der Waals surface area contributed by atoms with Crippen LogP contribution in [0.25, 0.3) is 88.4 Å². The first kappa shape index (κ1) is 28.4. The van der Waals surface area contributed by atoms with Crippen LogP contribution in [0.2, 0.25) is 0 Å². The molecule has 0 spiro atoms. The lowest BCUT2D eigenvalue weighted by atomic mass is 10.00. The zero-order valence-electron chi connectivity index (χ0n) is 27.4. The topological polar surface area (TPSA) is 9.86 Å². The summed E-state index contributed by atoms with van der Waals surface area (Å²) in [6.07, 6.45) is 0. The lowest BCUT2D eigenvalue weighted by molar-refractivity contribution is 1.17. The number of benzene rings is 8. The summed E-state index contributed by atoms with van der Waals surface area (Å²) >= 11 is 0. The summed E-state index contributed by atoms with van der Waals surface area (Å²) in [7, 11) is 0. The fraction of sp³-hybridized carbons (Fsp3) is 0. The molecule has 0 aliphatic rings. The van der Waals surface area contributed by atoms with Gasteiger partial charge < -0.3 is 9.13 Å². The molecule has 0 aliphatic carbocycles. The number of nitrogens with zero attached hydrogens (tertiary/aromatic N) is 2. The molecule has 0 atom stereocenters. The molecule has 2 aromatic heterocycles. The fourth-order valence-corrected chi connectivity index (χ4v) is 7.82. The molecule has 0 saturated carbocycles. The Morgan fingerprint density at radius 3 is 1.36 bits per heavy atom. The summed E-state index contributed by atoms with van der Waals surface area (Å²) in [5.41, 5.74) is 14.4. The van der Waals surface area contributed by atoms with Crippen molar-refractivity contribution in [1.82, 2.24) is 9.13 Å². The van der Waals surface area contributed by atoms with Crippen molar-refractivity contribution in [2.45, 2.75) is 0 Å². The van der Waals surface area contributed by atoms with Crippen LogP contribution in [0.3, 0.4) is 0 Å². The van der Waals surface area contributed by atoms with Crippen molar-refractivity contribution >= 4 is 43.6 Å². The molecule has 10 aromatic rings. The summed E-state index contributed by atoms with van der Waals surface area (Å²) in [6.45, 7) is 0. The van der Waals surface area contributed by atoms with E-state index in [4.69, 9.17) is 0 Å². The van der Waals surface area contributed by atoms with Crippen molar-refractivity contribution in [3.8, 4) is 44.8 Å². The molecule has 0 aliphatic heterocycles. The van der Waals surface area contributed by atoms with E-state index in [1.54, 1.807) is 0 Å². The Balaban J connectivity index is 1.24. The lowest BCUT2D eigenvalue weighted by Crippen LogP contribution is -1.95. The van der Waals surface area contributed by atoms with Gasteiger partial charge in [-0.1, -0.05) is 140 Å². The van der Waals surface area contributed by atoms with Gasteiger partial charge in [0, 0.05) is 32.9 Å². The fourth-order valence-electron chi connectivity index (χ4n) is 7.82. The molecule has 2 heterocycles. The Labute approximate surface area is 290 Å². The highest BCUT2D eigenvalue weighted by Crippen LogP contribution is 2.43. The van der Waals surface area contributed by atoms with Gasteiger partial charge in [0.1, 0.15) is 0 Å². The third kappa shape index (κ3) is 4.50. The largest absolute Gasteiger partial charge is 0.309 e. The van der Waals surface area contributed by atoms with Crippen LogP contribution in [-0.2, 0) is 0 Å². The Kier molecular flexibility index (Phi) is 6.53. The van der Waals surface area contributed by atoms with E-state index in [1.165, 1.54) is 77.0 Å². The standard InChI is InChI=1S/C48H32N2/c1-4-13-33(14-5-1)35-23-25-36(26-24-35)37-17-12-20-40(31-37)50-44-28-27-38(34-15-6-2-7-16-34)32-42(44)48-46(50)30-29-45-47(48)41-21-10-11-22-43(41)49(45)39-18-8-3-9-19-39/h1-32H. The number of aromatic nitrogens is 2. The highest BCUT2D eigenvalue weighted by atomic mass is 15.0. The van der Waals surface area contributed by atoms with Gasteiger partial charge in [-0.3, -0.25) is 0 Å². The predicted octanol–water partition coefficient (Wildman–Crippen LogP) is 12.9. The average molecular weight is 637 g/mol. The van der Waals surface area contributed by atoms with Crippen LogP contribution in [0.4, 0.5) is 0 Å². The monoisotopic (exact) mass is 636 g/mol. The molecule has 0 bridgehead atoms. The first-order valence-corrected chi connectivity index (χ1v) is 17.2. The van der Waals surface area contributed by atoms with Gasteiger partial charge in [0.2, 0.25) is 0 Å². The molecular weight excluding hydrogens is 605 g/mol. The number of rotatable bonds is 5. The molecule has 50 heavy (non-hydrogen) atoms. The van der Waals surface area contributed by atoms with Crippen LogP contribution in [0, 0.1) is 0 Å². The second kappa shape index (κ2) is 11.5. The molecule has 0 N–H and O–H groups in total.